The van der Waals surface area contributed by atoms with Gasteiger partial charge in [-0.3, -0.25) is 9.78 Å². The molecule has 4 nitrogen and oxygen atoms in total. The van der Waals surface area contributed by atoms with Crippen LogP contribution in [0.15, 0.2) is 34.5 Å². The standard InChI is InChI=1S/C13H15N3OS/c1-3-11-10(7-9-5-4-6-14-8-9)12(17)16-13(15-11)18-2/h4-6,8H,3,7H2,1-2H3,(H,15,16,17). The van der Waals surface area contributed by atoms with E-state index in [1.165, 1.54) is 11.8 Å². The third-order valence-corrected chi connectivity index (χ3v) is 3.29. The Hall–Kier alpha value is -1.62. The van der Waals surface area contributed by atoms with E-state index >= 15 is 0 Å². The fourth-order valence-electron chi connectivity index (χ4n) is 1.80. The van der Waals surface area contributed by atoms with Gasteiger partial charge in [-0.2, -0.15) is 0 Å². The van der Waals surface area contributed by atoms with Crippen LogP contribution in [0.25, 0.3) is 0 Å². The van der Waals surface area contributed by atoms with Gasteiger partial charge in [0.2, 0.25) is 0 Å². The molecule has 18 heavy (non-hydrogen) atoms. The molecule has 0 aliphatic carbocycles. The van der Waals surface area contributed by atoms with Crippen molar-refractivity contribution in [2.24, 2.45) is 0 Å². The van der Waals surface area contributed by atoms with Crippen LogP contribution >= 0.6 is 11.8 Å². The smallest absolute Gasteiger partial charge is 0.255 e. The van der Waals surface area contributed by atoms with Crippen LogP contribution in [0.2, 0.25) is 0 Å². The van der Waals surface area contributed by atoms with Gasteiger partial charge < -0.3 is 4.98 Å². The topological polar surface area (TPSA) is 58.6 Å². The van der Waals surface area contributed by atoms with E-state index in [0.29, 0.717) is 11.6 Å². The lowest BCUT2D eigenvalue weighted by molar-refractivity contribution is 0.832. The first-order chi connectivity index (χ1) is 8.74. The van der Waals surface area contributed by atoms with Crippen molar-refractivity contribution in [2.75, 3.05) is 6.26 Å². The summed E-state index contributed by atoms with van der Waals surface area (Å²) in [7, 11) is 0. The number of nitrogens with zero attached hydrogens (tertiary/aromatic N) is 2. The lowest BCUT2D eigenvalue weighted by Gasteiger charge is -2.07. The number of nitrogens with one attached hydrogen (secondary N) is 1. The van der Waals surface area contributed by atoms with Crippen LogP contribution < -0.4 is 5.56 Å². The molecule has 0 saturated carbocycles. The summed E-state index contributed by atoms with van der Waals surface area (Å²) in [5.74, 6) is 0. The highest BCUT2D eigenvalue weighted by molar-refractivity contribution is 7.98. The van der Waals surface area contributed by atoms with E-state index in [9.17, 15) is 4.79 Å². The zero-order valence-electron chi connectivity index (χ0n) is 10.4. The molecule has 0 aliphatic heterocycles. The lowest BCUT2D eigenvalue weighted by atomic mass is 10.1. The number of rotatable bonds is 4. The Morgan fingerprint density at radius 2 is 2.28 bits per heavy atom. The van der Waals surface area contributed by atoms with Gasteiger partial charge in [0, 0.05) is 24.4 Å². The van der Waals surface area contributed by atoms with Crippen molar-refractivity contribution in [3.05, 3.63) is 51.7 Å². The average molecular weight is 261 g/mol. The maximum absolute atomic E-state index is 12.1. The average Bonchev–Trinajstić information content (AvgIpc) is 2.42. The molecule has 94 valence electrons. The predicted octanol–water partition coefficient (Wildman–Crippen LogP) is 2.04. The number of thioether (sulfide) groups is 1. The zero-order valence-corrected chi connectivity index (χ0v) is 11.3. The lowest BCUT2D eigenvalue weighted by Crippen LogP contribution is -2.18. The third kappa shape index (κ3) is 2.79. The quantitative estimate of drug-likeness (QED) is 0.676. The van der Waals surface area contributed by atoms with Gasteiger partial charge in [-0.15, -0.1) is 0 Å². The second-order valence-electron chi connectivity index (χ2n) is 3.89. The van der Waals surface area contributed by atoms with Gasteiger partial charge in [0.05, 0.1) is 5.69 Å². The number of aromatic nitrogens is 3. The molecular formula is C13H15N3OS. The minimum Gasteiger partial charge on any atom is -0.301 e. The molecule has 0 unspecified atom stereocenters. The summed E-state index contributed by atoms with van der Waals surface area (Å²) in [5, 5.41) is 0.673. The number of aryl methyl sites for hydroxylation is 1. The number of hydrogen-bond donors (Lipinski definition) is 1. The Bertz CT molecular complexity index is 581. The number of aromatic amines is 1. The highest BCUT2D eigenvalue weighted by Gasteiger charge is 2.10. The van der Waals surface area contributed by atoms with E-state index in [1.54, 1.807) is 12.4 Å². The maximum Gasteiger partial charge on any atom is 0.255 e. The molecule has 5 heteroatoms. The van der Waals surface area contributed by atoms with Crippen molar-refractivity contribution in [3.8, 4) is 0 Å². The molecule has 0 radical (unpaired) electrons. The summed E-state index contributed by atoms with van der Waals surface area (Å²) in [4.78, 5) is 23.4. The van der Waals surface area contributed by atoms with Crippen LogP contribution in [-0.4, -0.2) is 21.2 Å². The van der Waals surface area contributed by atoms with E-state index in [1.807, 2.05) is 25.3 Å². The Balaban J connectivity index is 2.41. The van der Waals surface area contributed by atoms with Crippen LogP contribution in [0.1, 0.15) is 23.7 Å². The highest BCUT2D eigenvalue weighted by atomic mass is 32.2. The predicted molar refractivity (Wildman–Crippen MR) is 73.1 cm³/mol. The molecule has 2 aromatic rings. The summed E-state index contributed by atoms with van der Waals surface area (Å²) in [6, 6.07) is 3.84. The van der Waals surface area contributed by atoms with Gasteiger partial charge in [0.25, 0.3) is 5.56 Å². The number of pyridine rings is 1. The van der Waals surface area contributed by atoms with Crippen molar-refractivity contribution in [2.45, 2.75) is 24.9 Å². The maximum atomic E-state index is 12.1. The Kier molecular flexibility index (Phi) is 4.15. The van der Waals surface area contributed by atoms with Gasteiger partial charge in [-0.25, -0.2) is 4.98 Å². The normalized spacial score (nSPS) is 10.6. The van der Waals surface area contributed by atoms with Gasteiger partial charge in [-0.1, -0.05) is 24.8 Å². The van der Waals surface area contributed by atoms with Gasteiger partial charge in [-0.05, 0) is 24.3 Å². The number of H-pyrrole nitrogens is 1. The van der Waals surface area contributed by atoms with Gasteiger partial charge in [0.1, 0.15) is 0 Å². The summed E-state index contributed by atoms with van der Waals surface area (Å²) in [5.41, 5.74) is 2.58. The molecule has 0 amide bonds. The Morgan fingerprint density at radius 3 is 2.89 bits per heavy atom. The van der Waals surface area contributed by atoms with Crippen LogP contribution in [0.4, 0.5) is 0 Å². The van der Waals surface area contributed by atoms with E-state index in [4.69, 9.17) is 0 Å². The largest absolute Gasteiger partial charge is 0.301 e. The first-order valence-electron chi connectivity index (χ1n) is 5.79. The zero-order chi connectivity index (χ0) is 13.0. The van der Waals surface area contributed by atoms with E-state index < -0.39 is 0 Å². The SMILES string of the molecule is CCc1nc(SC)[nH]c(=O)c1Cc1cccnc1. The molecule has 0 bridgehead atoms. The second-order valence-corrected chi connectivity index (χ2v) is 4.69. The Labute approximate surface area is 110 Å². The minimum atomic E-state index is -0.0462. The van der Waals surface area contributed by atoms with Crippen molar-refractivity contribution < 1.29 is 0 Å². The molecule has 0 aliphatic rings. The molecular weight excluding hydrogens is 246 g/mol. The first kappa shape index (κ1) is 12.8. The van der Waals surface area contributed by atoms with Crippen LogP contribution in [-0.2, 0) is 12.8 Å². The molecule has 0 saturated heterocycles. The molecule has 0 spiro atoms. The fraction of sp³-hybridized carbons (Fsp3) is 0.308. The molecule has 2 heterocycles. The first-order valence-corrected chi connectivity index (χ1v) is 7.02. The third-order valence-electron chi connectivity index (χ3n) is 2.71. The molecule has 2 aromatic heterocycles. The molecule has 2 rings (SSSR count). The summed E-state index contributed by atoms with van der Waals surface area (Å²) < 4.78 is 0. The van der Waals surface area contributed by atoms with E-state index in [2.05, 4.69) is 15.0 Å². The highest BCUT2D eigenvalue weighted by Crippen LogP contribution is 2.12. The number of hydrogen-bond acceptors (Lipinski definition) is 4. The summed E-state index contributed by atoms with van der Waals surface area (Å²) in [6.07, 6.45) is 6.74. The summed E-state index contributed by atoms with van der Waals surface area (Å²) >= 11 is 1.45. The van der Waals surface area contributed by atoms with E-state index in [0.717, 1.165) is 23.2 Å². The van der Waals surface area contributed by atoms with Crippen LogP contribution in [0, 0.1) is 0 Å². The van der Waals surface area contributed by atoms with Crippen molar-refractivity contribution in [1.82, 2.24) is 15.0 Å². The molecule has 0 fully saturated rings. The van der Waals surface area contributed by atoms with Crippen LogP contribution in [0.5, 0.6) is 0 Å². The van der Waals surface area contributed by atoms with Crippen molar-refractivity contribution >= 4 is 11.8 Å². The minimum absolute atomic E-state index is 0.0462. The fourth-order valence-corrected chi connectivity index (χ4v) is 2.20. The van der Waals surface area contributed by atoms with Crippen molar-refractivity contribution in [1.29, 1.82) is 0 Å². The summed E-state index contributed by atoms with van der Waals surface area (Å²) in [6.45, 7) is 2.01. The van der Waals surface area contributed by atoms with Gasteiger partial charge in [0.15, 0.2) is 5.16 Å². The molecule has 0 aromatic carbocycles. The molecule has 1 N–H and O–H groups in total. The second kappa shape index (κ2) is 5.82. The Morgan fingerprint density at radius 1 is 1.44 bits per heavy atom. The van der Waals surface area contributed by atoms with Crippen molar-refractivity contribution in [3.63, 3.8) is 0 Å². The van der Waals surface area contributed by atoms with Gasteiger partial charge >= 0.3 is 0 Å². The van der Waals surface area contributed by atoms with E-state index in [-0.39, 0.29) is 5.56 Å². The monoisotopic (exact) mass is 261 g/mol. The molecule has 0 atom stereocenters. The van der Waals surface area contributed by atoms with Crippen LogP contribution in [0.3, 0.4) is 0 Å².